The molecule has 0 aromatic carbocycles. The molecule has 0 unspecified atom stereocenters. The van der Waals surface area contributed by atoms with E-state index in [0.717, 1.165) is 23.4 Å². The van der Waals surface area contributed by atoms with Gasteiger partial charge in [0.2, 0.25) is 5.91 Å². The standard InChI is InChI=1S/C15H19F3N2O/c1-11-6-7-12(9-19-11)8-14(21)20(10-15(16,17)18)13-4-2-3-5-13/h6-7,9,13H,2-5,8,10H2,1H3. The first-order valence-electron chi connectivity index (χ1n) is 7.13. The van der Waals surface area contributed by atoms with E-state index >= 15 is 0 Å². The number of rotatable bonds is 4. The number of hydrogen-bond donors (Lipinski definition) is 0. The van der Waals surface area contributed by atoms with Crippen LogP contribution in [-0.2, 0) is 11.2 Å². The van der Waals surface area contributed by atoms with Gasteiger partial charge in [-0.25, -0.2) is 0 Å². The molecule has 1 aromatic rings. The van der Waals surface area contributed by atoms with Gasteiger partial charge >= 0.3 is 6.18 Å². The first kappa shape index (κ1) is 15.8. The van der Waals surface area contributed by atoms with Gasteiger partial charge in [0.15, 0.2) is 0 Å². The van der Waals surface area contributed by atoms with Gasteiger partial charge in [0.1, 0.15) is 6.54 Å². The smallest absolute Gasteiger partial charge is 0.330 e. The summed E-state index contributed by atoms with van der Waals surface area (Å²) in [5.41, 5.74) is 1.46. The van der Waals surface area contributed by atoms with Crippen LogP contribution in [0.25, 0.3) is 0 Å². The third-order valence-corrected chi connectivity index (χ3v) is 3.76. The molecule has 0 N–H and O–H groups in total. The molecule has 0 bridgehead atoms. The quantitative estimate of drug-likeness (QED) is 0.855. The summed E-state index contributed by atoms with van der Waals surface area (Å²) in [6.45, 7) is 0.663. The fourth-order valence-corrected chi connectivity index (χ4v) is 2.71. The molecular weight excluding hydrogens is 281 g/mol. The van der Waals surface area contributed by atoms with E-state index in [1.807, 2.05) is 6.92 Å². The van der Waals surface area contributed by atoms with Crippen LogP contribution in [0.3, 0.4) is 0 Å². The number of pyridine rings is 1. The van der Waals surface area contributed by atoms with Gasteiger partial charge in [0, 0.05) is 17.9 Å². The molecule has 21 heavy (non-hydrogen) atoms. The highest BCUT2D eigenvalue weighted by atomic mass is 19.4. The maximum Gasteiger partial charge on any atom is 0.406 e. The van der Waals surface area contributed by atoms with Gasteiger partial charge in [-0.1, -0.05) is 18.9 Å². The average molecular weight is 300 g/mol. The van der Waals surface area contributed by atoms with Crippen LogP contribution in [-0.4, -0.2) is 34.6 Å². The van der Waals surface area contributed by atoms with Gasteiger partial charge in [-0.05, 0) is 31.4 Å². The maximum atomic E-state index is 12.7. The highest BCUT2D eigenvalue weighted by molar-refractivity contribution is 5.79. The van der Waals surface area contributed by atoms with Crippen LogP contribution in [0.5, 0.6) is 0 Å². The Morgan fingerprint density at radius 2 is 2.00 bits per heavy atom. The van der Waals surface area contributed by atoms with Gasteiger partial charge < -0.3 is 4.90 Å². The molecule has 0 aliphatic heterocycles. The third kappa shape index (κ3) is 4.72. The van der Waals surface area contributed by atoms with Crippen LogP contribution in [0.15, 0.2) is 18.3 Å². The zero-order chi connectivity index (χ0) is 15.5. The molecule has 0 radical (unpaired) electrons. The number of alkyl halides is 3. The summed E-state index contributed by atoms with van der Waals surface area (Å²) in [7, 11) is 0. The van der Waals surface area contributed by atoms with Crippen LogP contribution in [0.4, 0.5) is 13.2 Å². The number of aromatic nitrogens is 1. The van der Waals surface area contributed by atoms with E-state index < -0.39 is 18.6 Å². The summed E-state index contributed by atoms with van der Waals surface area (Å²) in [5, 5.41) is 0. The zero-order valence-electron chi connectivity index (χ0n) is 12.0. The van der Waals surface area contributed by atoms with Crippen molar-refractivity contribution in [3.05, 3.63) is 29.6 Å². The third-order valence-electron chi connectivity index (χ3n) is 3.76. The SMILES string of the molecule is Cc1ccc(CC(=O)N(CC(F)(F)F)C2CCCC2)cn1. The van der Waals surface area contributed by atoms with Crippen molar-refractivity contribution in [3.8, 4) is 0 Å². The number of aryl methyl sites for hydroxylation is 1. The minimum Gasteiger partial charge on any atom is -0.330 e. The van der Waals surface area contributed by atoms with E-state index in [1.165, 1.54) is 0 Å². The van der Waals surface area contributed by atoms with Crippen molar-refractivity contribution in [3.63, 3.8) is 0 Å². The number of halogens is 3. The largest absolute Gasteiger partial charge is 0.406 e. The van der Waals surface area contributed by atoms with E-state index in [2.05, 4.69) is 4.98 Å². The van der Waals surface area contributed by atoms with E-state index in [1.54, 1.807) is 18.3 Å². The van der Waals surface area contributed by atoms with E-state index in [-0.39, 0.29) is 12.5 Å². The molecule has 1 heterocycles. The van der Waals surface area contributed by atoms with Crippen molar-refractivity contribution in [2.75, 3.05) is 6.54 Å². The lowest BCUT2D eigenvalue weighted by Gasteiger charge is -2.30. The average Bonchev–Trinajstić information content (AvgIpc) is 2.91. The maximum absolute atomic E-state index is 12.7. The summed E-state index contributed by atoms with van der Waals surface area (Å²) in [6, 6.07) is 3.21. The van der Waals surface area contributed by atoms with Gasteiger partial charge in [0.05, 0.1) is 6.42 Å². The first-order valence-corrected chi connectivity index (χ1v) is 7.13. The molecule has 1 aromatic heterocycles. The Morgan fingerprint density at radius 3 is 2.52 bits per heavy atom. The zero-order valence-corrected chi connectivity index (χ0v) is 12.0. The number of amides is 1. The summed E-state index contributed by atoms with van der Waals surface area (Å²) in [6.07, 6.45) is 0.260. The Morgan fingerprint density at radius 1 is 1.33 bits per heavy atom. The summed E-state index contributed by atoms with van der Waals surface area (Å²) < 4.78 is 38.1. The van der Waals surface area contributed by atoms with Gasteiger partial charge in [-0.3, -0.25) is 9.78 Å². The van der Waals surface area contributed by atoms with Crippen LogP contribution >= 0.6 is 0 Å². The van der Waals surface area contributed by atoms with Crippen LogP contribution < -0.4 is 0 Å². The minimum absolute atomic E-state index is 0.0279. The Hall–Kier alpha value is -1.59. The molecule has 1 aliphatic carbocycles. The Kier molecular flexibility index (Phi) is 4.85. The van der Waals surface area contributed by atoms with E-state index in [0.29, 0.717) is 18.4 Å². The van der Waals surface area contributed by atoms with Crippen LogP contribution in [0.1, 0.15) is 36.9 Å². The first-order chi connectivity index (χ1) is 9.85. The highest BCUT2D eigenvalue weighted by Gasteiger charge is 2.37. The van der Waals surface area contributed by atoms with Crippen molar-refractivity contribution in [1.29, 1.82) is 0 Å². The molecule has 1 fully saturated rings. The highest BCUT2D eigenvalue weighted by Crippen LogP contribution is 2.27. The van der Waals surface area contributed by atoms with E-state index in [9.17, 15) is 18.0 Å². The Bertz CT molecular complexity index is 479. The Balaban J connectivity index is 2.07. The molecule has 2 rings (SSSR count). The van der Waals surface area contributed by atoms with Crippen molar-refractivity contribution < 1.29 is 18.0 Å². The van der Waals surface area contributed by atoms with Crippen LogP contribution in [0, 0.1) is 6.92 Å². The molecule has 0 atom stereocenters. The van der Waals surface area contributed by atoms with Crippen molar-refractivity contribution in [1.82, 2.24) is 9.88 Å². The fraction of sp³-hybridized carbons (Fsp3) is 0.600. The van der Waals surface area contributed by atoms with Crippen molar-refractivity contribution in [2.24, 2.45) is 0 Å². The second-order valence-corrected chi connectivity index (χ2v) is 5.56. The molecule has 1 saturated carbocycles. The molecule has 6 heteroatoms. The monoisotopic (exact) mass is 300 g/mol. The lowest BCUT2D eigenvalue weighted by molar-refractivity contribution is -0.165. The fourth-order valence-electron chi connectivity index (χ4n) is 2.71. The van der Waals surface area contributed by atoms with E-state index in [4.69, 9.17) is 0 Å². The second kappa shape index (κ2) is 6.45. The molecular formula is C15H19F3N2O. The lowest BCUT2D eigenvalue weighted by Crippen LogP contribution is -2.45. The van der Waals surface area contributed by atoms with Crippen molar-refractivity contribution >= 4 is 5.91 Å². The lowest BCUT2D eigenvalue weighted by atomic mass is 10.1. The topological polar surface area (TPSA) is 33.2 Å². The number of carbonyl (C=O) groups is 1. The molecule has 0 saturated heterocycles. The number of nitrogens with zero attached hydrogens (tertiary/aromatic N) is 2. The molecule has 0 spiro atoms. The summed E-state index contributed by atoms with van der Waals surface area (Å²) in [5.74, 6) is -0.468. The second-order valence-electron chi connectivity index (χ2n) is 5.56. The molecule has 1 amide bonds. The van der Waals surface area contributed by atoms with Gasteiger partial charge in [0.25, 0.3) is 0 Å². The van der Waals surface area contributed by atoms with Gasteiger partial charge in [-0.15, -0.1) is 0 Å². The molecule has 116 valence electrons. The normalized spacial score (nSPS) is 16.2. The predicted molar refractivity (Wildman–Crippen MR) is 72.7 cm³/mol. The summed E-state index contributed by atoms with van der Waals surface area (Å²) >= 11 is 0. The van der Waals surface area contributed by atoms with Gasteiger partial charge in [-0.2, -0.15) is 13.2 Å². The number of hydrogen-bond acceptors (Lipinski definition) is 2. The van der Waals surface area contributed by atoms with Crippen molar-refractivity contribution in [2.45, 2.75) is 51.2 Å². The Labute approximate surface area is 122 Å². The predicted octanol–water partition coefficient (Wildman–Crippen LogP) is 3.27. The summed E-state index contributed by atoms with van der Waals surface area (Å²) in [4.78, 5) is 17.3. The number of carbonyl (C=O) groups excluding carboxylic acids is 1. The molecule has 1 aliphatic rings. The molecule has 3 nitrogen and oxygen atoms in total. The minimum atomic E-state index is -4.36. The van der Waals surface area contributed by atoms with Crippen LogP contribution in [0.2, 0.25) is 0 Å².